The van der Waals surface area contributed by atoms with E-state index < -0.39 is 16.0 Å². The summed E-state index contributed by atoms with van der Waals surface area (Å²) in [5.74, 6) is -0.640. The van der Waals surface area contributed by atoms with Gasteiger partial charge in [-0.1, -0.05) is 12.1 Å². The third kappa shape index (κ3) is 3.72. The molecule has 0 amide bonds. The lowest BCUT2D eigenvalue weighted by Crippen LogP contribution is -2.23. The molecule has 2 aromatic carbocycles. The number of rotatable bonds is 6. The summed E-state index contributed by atoms with van der Waals surface area (Å²) >= 11 is 0. The van der Waals surface area contributed by atoms with E-state index in [4.69, 9.17) is 9.47 Å². The zero-order valence-corrected chi connectivity index (χ0v) is 13.2. The summed E-state index contributed by atoms with van der Waals surface area (Å²) in [6.45, 7) is 0. The van der Waals surface area contributed by atoms with Crippen molar-refractivity contribution < 1.29 is 27.8 Å². The minimum atomic E-state index is -3.95. The van der Waals surface area contributed by atoms with E-state index in [2.05, 4.69) is 4.72 Å². The van der Waals surface area contributed by atoms with Crippen LogP contribution in [0.25, 0.3) is 0 Å². The zero-order valence-electron chi connectivity index (χ0n) is 12.4. The van der Waals surface area contributed by atoms with E-state index in [1.165, 1.54) is 44.6 Å². The van der Waals surface area contributed by atoms with Gasteiger partial charge in [-0.15, -0.1) is 0 Å². The van der Waals surface area contributed by atoms with Gasteiger partial charge in [-0.25, -0.2) is 8.42 Å². The number of methoxy groups -OCH3 is 2. The second-order valence-corrected chi connectivity index (χ2v) is 6.17. The topological polar surface area (TPSA) is 105 Å². The summed E-state index contributed by atoms with van der Waals surface area (Å²) in [4.78, 5) is 10.6. The smallest absolute Gasteiger partial charge is 0.261 e. The van der Waals surface area contributed by atoms with E-state index >= 15 is 0 Å². The standard InChI is InChI=1S/C15H15NO6S/c1-21-13-7-6-11(9-14(13)22-2)16-23(19,20)12-5-3-4-10(8-12)15(17)18/h3-9,16H,1-2H3,(H,17,18)/p-1. The second kappa shape index (κ2) is 6.57. The Bertz CT molecular complexity index is 832. The number of benzene rings is 2. The van der Waals surface area contributed by atoms with Gasteiger partial charge in [0.2, 0.25) is 0 Å². The van der Waals surface area contributed by atoms with Crippen LogP contribution in [0.5, 0.6) is 11.5 Å². The van der Waals surface area contributed by atoms with Gasteiger partial charge in [0.1, 0.15) is 0 Å². The molecule has 0 aromatic heterocycles. The molecule has 0 aliphatic rings. The summed E-state index contributed by atoms with van der Waals surface area (Å²) in [5, 5.41) is 10.8. The molecule has 0 spiro atoms. The van der Waals surface area contributed by atoms with E-state index in [1.807, 2.05) is 0 Å². The van der Waals surface area contributed by atoms with Crippen LogP contribution in [0.15, 0.2) is 47.4 Å². The van der Waals surface area contributed by atoms with Gasteiger partial charge in [-0.2, -0.15) is 0 Å². The molecule has 122 valence electrons. The zero-order chi connectivity index (χ0) is 17.0. The molecule has 0 unspecified atom stereocenters. The van der Waals surface area contributed by atoms with Crippen molar-refractivity contribution in [3.63, 3.8) is 0 Å². The maximum atomic E-state index is 12.3. The Morgan fingerprint density at radius 1 is 1.04 bits per heavy atom. The van der Waals surface area contributed by atoms with Gasteiger partial charge in [-0.3, -0.25) is 4.72 Å². The average Bonchev–Trinajstić information content (AvgIpc) is 2.54. The average molecular weight is 336 g/mol. The number of nitrogens with one attached hydrogen (secondary N) is 1. The Morgan fingerprint density at radius 2 is 1.74 bits per heavy atom. The van der Waals surface area contributed by atoms with Gasteiger partial charge in [0.15, 0.2) is 11.5 Å². The van der Waals surface area contributed by atoms with Gasteiger partial charge in [0.05, 0.1) is 30.8 Å². The highest BCUT2D eigenvalue weighted by Gasteiger charge is 2.16. The summed E-state index contributed by atoms with van der Waals surface area (Å²) in [6.07, 6.45) is 0. The first-order valence-electron chi connectivity index (χ1n) is 6.43. The first kappa shape index (κ1) is 16.6. The maximum Gasteiger partial charge on any atom is 0.261 e. The molecule has 0 aliphatic heterocycles. The van der Waals surface area contributed by atoms with Crippen LogP contribution in [-0.2, 0) is 10.0 Å². The third-order valence-corrected chi connectivity index (χ3v) is 4.39. The van der Waals surface area contributed by atoms with Crippen molar-refractivity contribution in [2.24, 2.45) is 0 Å². The molecule has 7 nitrogen and oxygen atoms in total. The van der Waals surface area contributed by atoms with Gasteiger partial charge >= 0.3 is 0 Å². The number of carbonyl (C=O) groups excluding carboxylic acids is 1. The normalized spacial score (nSPS) is 10.9. The Kier molecular flexibility index (Phi) is 4.75. The first-order valence-corrected chi connectivity index (χ1v) is 7.92. The van der Waals surface area contributed by atoms with E-state index in [-0.39, 0.29) is 16.1 Å². The summed E-state index contributed by atoms with van der Waals surface area (Å²) in [6, 6.07) is 9.40. The lowest BCUT2D eigenvalue weighted by molar-refractivity contribution is -0.255. The van der Waals surface area contributed by atoms with E-state index in [0.717, 1.165) is 6.07 Å². The molecule has 0 radical (unpaired) electrons. The SMILES string of the molecule is COc1ccc(NS(=O)(=O)c2cccc(C(=O)[O-])c2)cc1OC. The van der Waals surface area contributed by atoms with Crippen LogP contribution < -0.4 is 19.3 Å². The predicted molar refractivity (Wildman–Crippen MR) is 81.1 cm³/mol. The molecule has 0 saturated carbocycles. The summed E-state index contributed by atoms with van der Waals surface area (Å²) < 4.78 is 37.2. The van der Waals surface area contributed by atoms with Gasteiger partial charge < -0.3 is 19.4 Å². The summed E-state index contributed by atoms with van der Waals surface area (Å²) in [5.41, 5.74) is 0.0293. The van der Waals surface area contributed by atoms with Crippen LogP contribution in [0, 0.1) is 0 Å². The molecular weight excluding hydrogens is 322 g/mol. The van der Waals surface area contributed by atoms with Crippen molar-refractivity contribution >= 4 is 21.7 Å². The molecule has 0 heterocycles. The maximum absolute atomic E-state index is 12.3. The Labute approximate surface area is 133 Å². The first-order chi connectivity index (χ1) is 10.9. The summed E-state index contributed by atoms with van der Waals surface area (Å²) in [7, 11) is -1.06. The Morgan fingerprint density at radius 3 is 2.35 bits per heavy atom. The van der Waals surface area contributed by atoms with Crippen molar-refractivity contribution in [2.75, 3.05) is 18.9 Å². The molecule has 23 heavy (non-hydrogen) atoms. The highest BCUT2D eigenvalue weighted by atomic mass is 32.2. The molecule has 0 saturated heterocycles. The van der Waals surface area contributed by atoms with Gasteiger partial charge in [-0.05, 0) is 29.8 Å². The van der Waals surface area contributed by atoms with Crippen LogP contribution in [0.3, 0.4) is 0 Å². The molecule has 2 rings (SSSR count). The molecule has 8 heteroatoms. The number of anilines is 1. The second-order valence-electron chi connectivity index (χ2n) is 4.49. The van der Waals surface area contributed by atoms with Crippen LogP contribution >= 0.6 is 0 Å². The number of carboxylic acids is 1. The van der Waals surface area contributed by atoms with Gasteiger partial charge in [0, 0.05) is 6.07 Å². The van der Waals surface area contributed by atoms with Crippen LogP contribution in [0.4, 0.5) is 5.69 Å². The number of carbonyl (C=O) groups is 1. The fourth-order valence-electron chi connectivity index (χ4n) is 1.90. The lowest BCUT2D eigenvalue weighted by atomic mass is 10.2. The Balaban J connectivity index is 2.35. The number of hydrogen-bond acceptors (Lipinski definition) is 6. The largest absolute Gasteiger partial charge is 0.545 e. The van der Waals surface area contributed by atoms with Crippen molar-refractivity contribution in [3.8, 4) is 11.5 Å². The molecule has 0 aliphatic carbocycles. The highest BCUT2D eigenvalue weighted by molar-refractivity contribution is 7.92. The highest BCUT2D eigenvalue weighted by Crippen LogP contribution is 2.30. The molecule has 0 fully saturated rings. The van der Waals surface area contributed by atoms with E-state index in [9.17, 15) is 18.3 Å². The van der Waals surface area contributed by atoms with Crippen LogP contribution in [0.2, 0.25) is 0 Å². The van der Waals surface area contributed by atoms with Crippen molar-refractivity contribution in [1.29, 1.82) is 0 Å². The number of hydrogen-bond donors (Lipinski definition) is 1. The third-order valence-electron chi connectivity index (χ3n) is 3.02. The van der Waals surface area contributed by atoms with Crippen LogP contribution in [-0.4, -0.2) is 28.6 Å². The molecule has 0 bridgehead atoms. The number of carboxylic acid groups (broad SMARTS) is 1. The molecular formula is C15H14NO6S-. The minimum absolute atomic E-state index is 0.186. The fraction of sp³-hybridized carbons (Fsp3) is 0.133. The van der Waals surface area contributed by atoms with Crippen molar-refractivity contribution in [3.05, 3.63) is 48.0 Å². The number of aromatic carboxylic acids is 1. The van der Waals surface area contributed by atoms with Gasteiger partial charge in [0.25, 0.3) is 10.0 Å². The number of sulfonamides is 1. The molecule has 1 N–H and O–H groups in total. The monoisotopic (exact) mass is 336 g/mol. The minimum Gasteiger partial charge on any atom is -0.545 e. The Hall–Kier alpha value is -2.74. The van der Waals surface area contributed by atoms with E-state index in [0.29, 0.717) is 11.5 Å². The molecule has 0 atom stereocenters. The van der Waals surface area contributed by atoms with Crippen LogP contribution in [0.1, 0.15) is 10.4 Å². The van der Waals surface area contributed by atoms with E-state index in [1.54, 1.807) is 6.07 Å². The predicted octanol–water partition coefficient (Wildman–Crippen LogP) is 0.868. The lowest BCUT2D eigenvalue weighted by Gasteiger charge is -2.12. The fourth-order valence-corrected chi connectivity index (χ4v) is 3.00. The van der Waals surface area contributed by atoms with Crippen molar-refractivity contribution in [2.45, 2.75) is 4.90 Å². The van der Waals surface area contributed by atoms with Crippen molar-refractivity contribution in [1.82, 2.24) is 0 Å². The molecule has 2 aromatic rings. The quantitative estimate of drug-likeness (QED) is 0.839. The number of ether oxygens (including phenoxy) is 2.